The second-order valence-corrected chi connectivity index (χ2v) is 5.35. The highest BCUT2D eigenvalue weighted by Gasteiger charge is 2.29. The predicted octanol–water partition coefficient (Wildman–Crippen LogP) is 4.00. The third-order valence-corrected chi connectivity index (χ3v) is 3.69. The van der Waals surface area contributed by atoms with Gasteiger partial charge in [0, 0.05) is 18.3 Å². The highest BCUT2D eigenvalue weighted by molar-refractivity contribution is 6.33. The predicted molar refractivity (Wildman–Crippen MR) is 75.9 cm³/mol. The molecule has 0 bridgehead atoms. The van der Waals surface area contributed by atoms with Crippen LogP contribution in [0.15, 0.2) is 12.1 Å². The van der Waals surface area contributed by atoms with Crippen molar-refractivity contribution >= 4 is 23.0 Å². The van der Waals surface area contributed by atoms with Crippen molar-refractivity contribution in [3.05, 3.63) is 22.7 Å². The molecule has 1 aliphatic rings. The van der Waals surface area contributed by atoms with Crippen LogP contribution in [-0.2, 0) is 0 Å². The maximum absolute atomic E-state index is 6.14. The van der Waals surface area contributed by atoms with Gasteiger partial charge < -0.3 is 10.6 Å². The molecule has 0 atom stereocenters. The van der Waals surface area contributed by atoms with E-state index >= 15 is 0 Å². The number of anilines is 2. The molecule has 0 aromatic heterocycles. The molecule has 2 N–H and O–H groups in total. The van der Waals surface area contributed by atoms with Gasteiger partial charge in [-0.05, 0) is 43.9 Å². The molecule has 0 saturated heterocycles. The van der Waals surface area contributed by atoms with Crippen LogP contribution < -0.4 is 10.6 Å². The first-order valence-corrected chi connectivity index (χ1v) is 6.83. The van der Waals surface area contributed by atoms with Crippen LogP contribution in [0.3, 0.4) is 0 Å². The Balaban J connectivity index is 2.25. The van der Waals surface area contributed by atoms with Crippen molar-refractivity contribution < 1.29 is 0 Å². The smallest absolute Gasteiger partial charge is 0.0656 e. The van der Waals surface area contributed by atoms with E-state index < -0.39 is 0 Å². The maximum Gasteiger partial charge on any atom is 0.0656 e. The topological polar surface area (TPSA) is 29.3 Å². The summed E-state index contributed by atoms with van der Waals surface area (Å²) >= 11 is 6.14. The zero-order valence-corrected chi connectivity index (χ0v) is 11.4. The van der Waals surface area contributed by atoms with Crippen molar-refractivity contribution in [2.45, 2.75) is 45.6 Å². The lowest BCUT2D eigenvalue weighted by molar-refractivity contribution is 0.711. The van der Waals surface area contributed by atoms with Gasteiger partial charge in [-0.1, -0.05) is 24.9 Å². The molecule has 0 spiro atoms. The zero-order chi connectivity index (χ0) is 12.4. The monoisotopic (exact) mass is 252 g/mol. The Hall–Kier alpha value is -0.890. The van der Waals surface area contributed by atoms with E-state index in [2.05, 4.69) is 18.7 Å². The quantitative estimate of drug-likeness (QED) is 0.803. The number of benzene rings is 1. The van der Waals surface area contributed by atoms with Crippen molar-refractivity contribution in [2.75, 3.05) is 17.2 Å². The molecule has 2 rings (SSSR count). The van der Waals surface area contributed by atoms with E-state index in [0.717, 1.165) is 12.6 Å². The molecule has 2 nitrogen and oxygen atoms in total. The van der Waals surface area contributed by atoms with Crippen molar-refractivity contribution in [1.29, 1.82) is 0 Å². The Bertz CT molecular complexity index is 399. The summed E-state index contributed by atoms with van der Waals surface area (Å²) in [4.78, 5) is 2.50. The average molecular weight is 253 g/mol. The number of hydrogen-bond donors (Lipinski definition) is 1. The van der Waals surface area contributed by atoms with Gasteiger partial charge in [0.05, 0.1) is 10.7 Å². The van der Waals surface area contributed by atoms with Crippen LogP contribution in [0.1, 0.15) is 38.2 Å². The molecule has 0 radical (unpaired) electrons. The molecule has 94 valence electrons. The van der Waals surface area contributed by atoms with E-state index in [1.807, 2.05) is 12.1 Å². The first-order valence-electron chi connectivity index (χ1n) is 6.45. The van der Waals surface area contributed by atoms with Gasteiger partial charge in [-0.25, -0.2) is 0 Å². The largest absolute Gasteiger partial charge is 0.398 e. The van der Waals surface area contributed by atoms with Gasteiger partial charge in [0.2, 0.25) is 0 Å². The first-order chi connectivity index (χ1) is 8.13. The summed E-state index contributed by atoms with van der Waals surface area (Å²) in [5.74, 6) is 0. The molecule has 0 amide bonds. The van der Waals surface area contributed by atoms with Gasteiger partial charge in [0.1, 0.15) is 0 Å². The number of nitrogen functional groups attached to an aromatic ring is 1. The summed E-state index contributed by atoms with van der Waals surface area (Å²) in [5, 5.41) is 0.674. The van der Waals surface area contributed by atoms with Crippen molar-refractivity contribution in [3.8, 4) is 0 Å². The number of hydrogen-bond acceptors (Lipinski definition) is 2. The van der Waals surface area contributed by atoms with E-state index in [0.29, 0.717) is 10.7 Å². The Morgan fingerprint density at radius 1 is 1.41 bits per heavy atom. The molecule has 1 aromatic carbocycles. The number of nitrogens with zero attached hydrogens (tertiary/aromatic N) is 1. The number of halogens is 1. The summed E-state index contributed by atoms with van der Waals surface area (Å²) < 4.78 is 0. The molecular weight excluding hydrogens is 232 g/mol. The van der Waals surface area contributed by atoms with E-state index in [1.165, 1.54) is 36.9 Å². The summed E-state index contributed by atoms with van der Waals surface area (Å²) in [6, 6.07) is 4.74. The Morgan fingerprint density at radius 3 is 2.71 bits per heavy atom. The molecule has 0 heterocycles. The molecule has 1 saturated carbocycles. The van der Waals surface area contributed by atoms with Crippen molar-refractivity contribution in [3.63, 3.8) is 0 Å². The molecule has 1 fully saturated rings. The fraction of sp³-hybridized carbons (Fsp3) is 0.571. The van der Waals surface area contributed by atoms with Crippen LogP contribution in [0.4, 0.5) is 11.4 Å². The molecule has 0 unspecified atom stereocenters. The lowest BCUT2D eigenvalue weighted by Crippen LogP contribution is -2.27. The summed E-state index contributed by atoms with van der Waals surface area (Å²) in [6.45, 7) is 5.47. The summed E-state index contributed by atoms with van der Waals surface area (Å²) in [7, 11) is 0. The fourth-order valence-corrected chi connectivity index (χ4v) is 2.38. The molecular formula is C14H21ClN2. The highest BCUT2D eigenvalue weighted by Crippen LogP contribution is 2.36. The standard InChI is InChI=1S/C14H21ClN2/c1-3-4-7-17(11-5-6-11)14-9-12(15)13(16)8-10(14)2/h8-9,11H,3-7,16H2,1-2H3. The molecule has 1 aromatic rings. The Kier molecular flexibility index (Phi) is 3.82. The van der Waals surface area contributed by atoms with Crippen LogP contribution in [0.5, 0.6) is 0 Å². The number of rotatable bonds is 5. The van der Waals surface area contributed by atoms with E-state index in [-0.39, 0.29) is 0 Å². The van der Waals surface area contributed by atoms with Gasteiger partial charge in [0.25, 0.3) is 0 Å². The number of nitrogens with two attached hydrogens (primary N) is 1. The minimum absolute atomic E-state index is 0.674. The van der Waals surface area contributed by atoms with E-state index in [9.17, 15) is 0 Å². The molecule has 1 aliphatic carbocycles. The highest BCUT2D eigenvalue weighted by atomic mass is 35.5. The average Bonchev–Trinajstić information content (AvgIpc) is 3.10. The van der Waals surface area contributed by atoms with E-state index in [4.69, 9.17) is 17.3 Å². The third kappa shape index (κ3) is 2.86. The summed E-state index contributed by atoms with van der Waals surface area (Å²) in [5.41, 5.74) is 9.01. The normalized spacial score (nSPS) is 15.0. The maximum atomic E-state index is 6.14. The fourth-order valence-electron chi connectivity index (χ4n) is 2.22. The number of aryl methyl sites for hydroxylation is 1. The van der Waals surface area contributed by atoms with Crippen LogP contribution in [0.2, 0.25) is 5.02 Å². The minimum atomic E-state index is 0.674. The van der Waals surface area contributed by atoms with Crippen molar-refractivity contribution in [2.24, 2.45) is 0 Å². The van der Waals surface area contributed by atoms with Gasteiger partial charge in [-0.2, -0.15) is 0 Å². The van der Waals surface area contributed by atoms with Crippen molar-refractivity contribution in [1.82, 2.24) is 0 Å². The first kappa shape index (κ1) is 12.6. The third-order valence-electron chi connectivity index (χ3n) is 3.36. The van der Waals surface area contributed by atoms with Gasteiger partial charge in [0.15, 0.2) is 0 Å². The van der Waals surface area contributed by atoms with Crippen LogP contribution >= 0.6 is 11.6 Å². The van der Waals surface area contributed by atoms with Gasteiger partial charge >= 0.3 is 0 Å². The van der Waals surface area contributed by atoms with Crippen LogP contribution in [0, 0.1) is 6.92 Å². The molecule has 3 heteroatoms. The van der Waals surface area contributed by atoms with E-state index in [1.54, 1.807) is 0 Å². The molecule has 17 heavy (non-hydrogen) atoms. The van der Waals surface area contributed by atoms with Gasteiger partial charge in [-0.3, -0.25) is 0 Å². The second-order valence-electron chi connectivity index (χ2n) is 4.94. The Labute approximate surface area is 109 Å². The second kappa shape index (κ2) is 5.18. The minimum Gasteiger partial charge on any atom is -0.398 e. The van der Waals surface area contributed by atoms with Gasteiger partial charge in [-0.15, -0.1) is 0 Å². The zero-order valence-electron chi connectivity index (χ0n) is 10.7. The number of unbranched alkanes of at least 4 members (excludes halogenated alkanes) is 1. The lowest BCUT2D eigenvalue weighted by Gasteiger charge is -2.27. The van der Waals surface area contributed by atoms with Crippen LogP contribution in [-0.4, -0.2) is 12.6 Å². The SMILES string of the molecule is CCCCN(c1cc(Cl)c(N)cc1C)C1CC1. The van der Waals surface area contributed by atoms with Crippen LogP contribution in [0.25, 0.3) is 0 Å². The lowest BCUT2D eigenvalue weighted by atomic mass is 10.1. The molecule has 0 aliphatic heterocycles. The summed E-state index contributed by atoms with van der Waals surface area (Å²) in [6.07, 6.45) is 5.08. The Morgan fingerprint density at radius 2 is 2.12 bits per heavy atom.